The van der Waals surface area contributed by atoms with Gasteiger partial charge in [0, 0.05) is 18.9 Å². The van der Waals surface area contributed by atoms with Crippen molar-refractivity contribution in [3.8, 4) is 17.2 Å². The molecule has 0 saturated carbocycles. The number of aliphatic carboxylic acids is 1. The third-order valence-electron chi connectivity index (χ3n) is 6.24. The number of amides is 2. The molecule has 0 heterocycles. The first kappa shape index (κ1) is 25.8. The smallest absolute Gasteiger partial charge is 0.407 e. The van der Waals surface area contributed by atoms with Crippen LogP contribution >= 0.6 is 0 Å². The van der Waals surface area contributed by atoms with Crippen LogP contribution in [-0.4, -0.2) is 42.3 Å². The first-order chi connectivity index (χ1) is 17.0. The predicted octanol–water partition coefficient (Wildman–Crippen LogP) is 4.20. The molecule has 2 unspecified atom stereocenters. The number of fused-ring (bicyclic) bond motifs is 3. The van der Waals surface area contributed by atoms with Gasteiger partial charge in [-0.2, -0.15) is 5.26 Å². The van der Waals surface area contributed by atoms with Crippen LogP contribution in [0.3, 0.4) is 0 Å². The number of nitrogens with zero attached hydrogens (tertiary/aromatic N) is 1. The molecule has 2 aromatic carbocycles. The van der Waals surface area contributed by atoms with Crippen LogP contribution < -0.4 is 10.6 Å². The van der Waals surface area contributed by atoms with E-state index in [9.17, 15) is 19.5 Å². The van der Waals surface area contributed by atoms with E-state index in [1.807, 2.05) is 61.5 Å². The van der Waals surface area contributed by atoms with Crippen molar-refractivity contribution in [3.63, 3.8) is 0 Å². The van der Waals surface area contributed by atoms with Crippen LogP contribution in [-0.2, 0) is 14.3 Å². The molecule has 2 amide bonds. The molecule has 0 radical (unpaired) electrons. The van der Waals surface area contributed by atoms with Gasteiger partial charge in [-0.25, -0.2) is 4.79 Å². The summed E-state index contributed by atoms with van der Waals surface area (Å²) in [6.45, 7) is 1.97. The first-order valence-electron chi connectivity index (χ1n) is 11.9. The molecule has 8 nitrogen and oxygen atoms in total. The lowest BCUT2D eigenvalue weighted by molar-refractivity contribution is -0.142. The fourth-order valence-electron chi connectivity index (χ4n) is 4.44. The predicted molar refractivity (Wildman–Crippen MR) is 131 cm³/mol. The quantitative estimate of drug-likeness (QED) is 0.393. The van der Waals surface area contributed by atoms with Gasteiger partial charge < -0.3 is 20.5 Å². The molecule has 2 aromatic rings. The van der Waals surface area contributed by atoms with Gasteiger partial charge in [-0.05, 0) is 41.5 Å². The van der Waals surface area contributed by atoms with E-state index < -0.39 is 29.9 Å². The fraction of sp³-hybridized carbons (Fsp3) is 0.407. The van der Waals surface area contributed by atoms with Gasteiger partial charge in [0.05, 0.1) is 12.0 Å². The minimum absolute atomic E-state index is 0.0247. The van der Waals surface area contributed by atoms with Crippen molar-refractivity contribution >= 4 is 18.0 Å². The van der Waals surface area contributed by atoms with E-state index in [-0.39, 0.29) is 31.9 Å². The van der Waals surface area contributed by atoms with Crippen LogP contribution in [0, 0.1) is 17.2 Å². The largest absolute Gasteiger partial charge is 0.481 e. The molecular formula is C27H31N3O5. The molecule has 8 heteroatoms. The van der Waals surface area contributed by atoms with Crippen molar-refractivity contribution < 1.29 is 24.2 Å². The molecule has 2 atom stereocenters. The number of benzene rings is 2. The molecule has 3 N–H and O–H groups in total. The highest BCUT2D eigenvalue weighted by Gasteiger charge is 2.30. The summed E-state index contributed by atoms with van der Waals surface area (Å²) in [5.74, 6) is -2.26. The minimum atomic E-state index is -0.974. The monoisotopic (exact) mass is 477 g/mol. The lowest BCUT2D eigenvalue weighted by Crippen LogP contribution is -2.48. The molecule has 0 aliphatic heterocycles. The lowest BCUT2D eigenvalue weighted by atomic mass is 9.98. The number of nitrogens with one attached hydrogen (secondary N) is 2. The Balaban J connectivity index is 1.62. The summed E-state index contributed by atoms with van der Waals surface area (Å²) < 4.78 is 5.54. The molecule has 0 spiro atoms. The SMILES string of the molecule is CCCC(CNC(=O)C(CCCC#N)NC(=O)OCC1c2ccccc2-c2ccccc21)C(=O)O. The Morgan fingerprint density at radius 3 is 2.26 bits per heavy atom. The number of carbonyl (C=O) groups excluding carboxylic acids is 2. The number of carbonyl (C=O) groups is 3. The van der Waals surface area contributed by atoms with Gasteiger partial charge in [-0.1, -0.05) is 61.9 Å². The fourth-order valence-corrected chi connectivity index (χ4v) is 4.44. The van der Waals surface area contributed by atoms with Crippen molar-refractivity contribution in [3.05, 3.63) is 59.7 Å². The Hall–Kier alpha value is -3.86. The molecule has 184 valence electrons. The maximum atomic E-state index is 12.7. The first-order valence-corrected chi connectivity index (χ1v) is 11.9. The van der Waals surface area contributed by atoms with Crippen molar-refractivity contribution in [2.45, 2.75) is 51.0 Å². The molecule has 1 aliphatic carbocycles. The summed E-state index contributed by atoms with van der Waals surface area (Å²) in [5.41, 5.74) is 4.40. The van der Waals surface area contributed by atoms with E-state index in [4.69, 9.17) is 10.00 Å². The van der Waals surface area contributed by atoms with Gasteiger partial charge in [-0.3, -0.25) is 9.59 Å². The van der Waals surface area contributed by atoms with Gasteiger partial charge in [-0.15, -0.1) is 0 Å². The molecule has 0 bridgehead atoms. The van der Waals surface area contributed by atoms with Crippen molar-refractivity contribution in [2.75, 3.05) is 13.2 Å². The number of nitriles is 1. The average Bonchev–Trinajstić information content (AvgIpc) is 3.18. The highest BCUT2D eigenvalue weighted by Crippen LogP contribution is 2.44. The number of unbranched alkanes of at least 4 members (excludes halogenated alkanes) is 1. The summed E-state index contributed by atoms with van der Waals surface area (Å²) in [7, 11) is 0. The second kappa shape index (κ2) is 12.6. The lowest BCUT2D eigenvalue weighted by Gasteiger charge is -2.20. The number of hydrogen-bond donors (Lipinski definition) is 3. The van der Waals surface area contributed by atoms with E-state index in [1.165, 1.54) is 0 Å². The zero-order chi connectivity index (χ0) is 25.2. The summed E-state index contributed by atoms with van der Waals surface area (Å²) in [6.07, 6.45) is 1.28. The van der Waals surface area contributed by atoms with Crippen LogP contribution in [0.15, 0.2) is 48.5 Å². The average molecular weight is 478 g/mol. The maximum absolute atomic E-state index is 12.7. The number of carboxylic acids is 1. The van der Waals surface area contributed by atoms with Gasteiger partial charge in [0.15, 0.2) is 0 Å². The Kier molecular flexibility index (Phi) is 9.24. The Bertz CT molecular complexity index is 1050. The van der Waals surface area contributed by atoms with Gasteiger partial charge in [0.1, 0.15) is 12.6 Å². The molecule has 35 heavy (non-hydrogen) atoms. The van der Waals surface area contributed by atoms with E-state index in [0.717, 1.165) is 22.3 Å². The van der Waals surface area contributed by atoms with Gasteiger partial charge in [0.25, 0.3) is 0 Å². The molecule has 0 fully saturated rings. The molecular weight excluding hydrogens is 446 g/mol. The number of alkyl carbamates (subject to hydrolysis) is 1. The van der Waals surface area contributed by atoms with Crippen LogP contribution in [0.4, 0.5) is 4.79 Å². The highest BCUT2D eigenvalue weighted by molar-refractivity contribution is 5.86. The number of ether oxygens (including phenoxy) is 1. The van der Waals surface area contributed by atoms with Crippen LogP contribution in [0.5, 0.6) is 0 Å². The van der Waals surface area contributed by atoms with Crippen LogP contribution in [0.25, 0.3) is 11.1 Å². The summed E-state index contributed by atoms with van der Waals surface area (Å²) in [5, 5.41) is 23.4. The molecule has 3 rings (SSSR count). The Morgan fingerprint density at radius 2 is 1.69 bits per heavy atom. The topological polar surface area (TPSA) is 129 Å². The van der Waals surface area contributed by atoms with Crippen LogP contribution in [0.2, 0.25) is 0 Å². The van der Waals surface area contributed by atoms with E-state index in [0.29, 0.717) is 19.3 Å². The van der Waals surface area contributed by atoms with Gasteiger partial charge >= 0.3 is 12.1 Å². The highest BCUT2D eigenvalue weighted by atomic mass is 16.5. The van der Waals surface area contributed by atoms with Crippen molar-refractivity contribution in [2.24, 2.45) is 5.92 Å². The number of carboxylic acid groups (broad SMARTS) is 1. The third-order valence-corrected chi connectivity index (χ3v) is 6.24. The molecule has 1 aliphatic rings. The second-order valence-corrected chi connectivity index (χ2v) is 8.64. The van der Waals surface area contributed by atoms with Crippen LogP contribution in [0.1, 0.15) is 56.1 Å². The summed E-state index contributed by atoms with van der Waals surface area (Å²) in [4.78, 5) is 36.8. The normalized spacial score (nSPS) is 13.6. The number of rotatable bonds is 12. The van der Waals surface area contributed by atoms with Crippen molar-refractivity contribution in [1.82, 2.24) is 10.6 Å². The molecule has 0 aromatic heterocycles. The Labute approximate surface area is 205 Å². The Morgan fingerprint density at radius 1 is 1.06 bits per heavy atom. The zero-order valence-electron chi connectivity index (χ0n) is 19.8. The third kappa shape index (κ3) is 6.60. The zero-order valence-corrected chi connectivity index (χ0v) is 19.8. The summed E-state index contributed by atoms with van der Waals surface area (Å²) >= 11 is 0. The minimum Gasteiger partial charge on any atom is -0.481 e. The van der Waals surface area contributed by atoms with E-state index >= 15 is 0 Å². The standard InChI is InChI=1S/C27H31N3O5/c1-2-9-18(26(32)33)16-29-25(31)24(14-7-8-15-28)30-27(34)35-17-23-21-12-5-3-10-19(21)20-11-4-6-13-22(20)23/h3-6,10-13,18,23-24H,2,7-9,14,16-17H2,1H3,(H,29,31)(H,30,34)(H,32,33). The second-order valence-electron chi connectivity index (χ2n) is 8.64. The van der Waals surface area contributed by atoms with E-state index in [1.54, 1.807) is 0 Å². The van der Waals surface area contributed by atoms with Gasteiger partial charge in [0.2, 0.25) is 5.91 Å². The van der Waals surface area contributed by atoms with E-state index in [2.05, 4.69) is 10.6 Å². The van der Waals surface area contributed by atoms with Crippen molar-refractivity contribution in [1.29, 1.82) is 5.26 Å². The number of hydrogen-bond acceptors (Lipinski definition) is 5. The maximum Gasteiger partial charge on any atom is 0.407 e. The molecule has 0 saturated heterocycles. The summed E-state index contributed by atoms with van der Waals surface area (Å²) in [6, 6.07) is 17.1.